The van der Waals surface area contributed by atoms with Gasteiger partial charge in [-0.25, -0.2) is 0 Å². The molecule has 0 aliphatic rings. The zero-order chi connectivity index (χ0) is 18.1. The first-order valence-corrected chi connectivity index (χ1v) is 8.05. The van der Waals surface area contributed by atoms with Crippen LogP contribution in [0.1, 0.15) is 31.7 Å². The van der Waals surface area contributed by atoms with Crippen LogP contribution in [-0.4, -0.2) is 49.9 Å². The summed E-state index contributed by atoms with van der Waals surface area (Å²) < 4.78 is 5.16. The van der Waals surface area contributed by atoms with Crippen LogP contribution in [0.5, 0.6) is 0 Å². The number of hydrogen-bond acceptors (Lipinski definition) is 4. The number of carbonyl (C=O) groups excluding carboxylic acids is 3. The average molecular weight is 334 g/mol. The largest absolute Gasteiger partial charge is 0.455 e. The fraction of sp³-hybridized carbons (Fsp3) is 0.500. The summed E-state index contributed by atoms with van der Waals surface area (Å²) in [6, 6.07) is 9.40. The second-order valence-electron chi connectivity index (χ2n) is 5.95. The van der Waals surface area contributed by atoms with Crippen molar-refractivity contribution in [3.63, 3.8) is 0 Å². The fourth-order valence-electron chi connectivity index (χ4n) is 2.20. The third-order valence-corrected chi connectivity index (χ3v) is 3.91. The molecule has 0 saturated carbocycles. The lowest BCUT2D eigenvalue weighted by Crippen LogP contribution is -2.38. The van der Waals surface area contributed by atoms with Crippen molar-refractivity contribution in [1.29, 1.82) is 0 Å². The molecular formula is C18H26N2O4. The number of carbonyl (C=O) groups is 3. The molecular weight excluding hydrogens is 308 g/mol. The number of likely N-dealkylation sites (N-methyl/N-ethyl adjacent to an activating group) is 1. The molecule has 0 fully saturated rings. The van der Waals surface area contributed by atoms with E-state index in [9.17, 15) is 14.4 Å². The molecule has 0 spiro atoms. The second-order valence-corrected chi connectivity index (χ2v) is 5.95. The molecule has 0 radical (unpaired) electrons. The van der Waals surface area contributed by atoms with Crippen LogP contribution in [-0.2, 0) is 19.1 Å². The SMILES string of the molecule is CC[C@H](C)[C@H](C(=O)OCC(=O)NCC(=O)N(C)C)c1ccccc1. The summed E-state index contributed by atoms with van der Waals surface area (Å²) in [5.74, 6) is -1.46. The van der Waals surface area contributed by atoms with E-state index in [0.717, 1.165) is 12.0 Å². The van der Waals surface area contributed by atoms with Gasteiger partial charge in [-0.1, -0.05) is 50.6 Å². The third kappa shape index (κ3) is 6.02. The van der Waals surface area contributed by atoms with Crippen LogP contribution in [0.15, 0.2) is 30.3 Å². The minimum absolute atomic E-state index is 0.0956. The van der Waals surface area contributed by atoms with Gasteiger partial charge in [-0.05, 0) is 11.5 Å². The summed E-state index contributed by atoms with van der Waals surface area (Å²) in [6.45, 7) is 3.48. The van der Waals surface area contributed by atoms with Crippen molar-refractivity contribution in [1.82, 2.24) is 10.2 Å². The van der Waals surface area contributed by atoms with Crippen molar-refractivity contribution in [3.8, 4) is 0 Å². The Labute approximate surface area is 143 Å². The van der Waals surface area contributed by atoms with Crippen LogP contribution < -0.4 is 5.32 Å². The van der Waals surface area contributed by atoms with Gasteiger partial charge in [0.15, 0.2) is 6.61 Å². The molecule has 0 bridgehead atoms. The fourth-order valence-corrected chi connectivity index (χ4v) is 2.20. The second kappa shape index (κ2) is 9.70. The van der Waals surface area contributed by atoms with Crippen LogP contribution in [0.25, 0.3) is 0 Å². The van der Waals surface area contributed by atoms with Gasteiger partial charge >= 0.3 is 5.97 Å². The van der Waals surface area contributed by atoms with Crippen molar-refractivity contribution < 1.29 is 19.1 Å². The highest BCUT2D eigenvalue weighted by atomic mass is 16.5. The van der Waals surface area contributed by atoms with Gasteiger partial charge in [-0.2, -0.15) is 0 Å². The highest BCUT2D eigenvalue weighted by molar-refractivity contribution is 5.87. The van der Waals surface area contributed by atoms with Crippen LogP contribution in [0.2, 0.25) is 0 Å². The monoisotopic (exact) mass is 334 g/mol. The van der Waals surface area contributed by atoms with Crippen molar-refractivity contribution >= 4 is 17.8 Å². The summed E-state index contributed by atoms with van der Waals surface area (Å²) in [5.41, 5.74) is 0.875. The molecule has 2 amide bonds. The van der Waals surface area contributed by atoms with Crippen LogP contribution in [0.4, 0.5) is 0 Å². The van der Waals surface area contributed by atoms with E-state index in [0.29, 0.717) is 0 Å². The standard InChI is InChI=1S/C18H26N2O4/c1-5-13(2)17(14-9-7-6-8-10-14)18(23)24-12-15(21)19-11-16(22)20(3)4/h6-10,13,17H,5,11-12H2,1-4H3,(H,19,21)/t13-,17-/m0/s1. The smallest absolute Gasteiger partial charge is 0.314 e. The number of benzene rings is 1. The minimum Gasteiger partial charge on any atom is -0.455 e. The van der Waals surface area contributed by atoms with Gasteiger partial charge in [0.2, 0.25) is 5.91 Å². The number of hydrogen-bond donors (Lipinski definition) is 1. The molecule has 1 N–H and O–H groups in total. The lowest BCUT2D eigenvalue weighted by Gasteiger charge is -2.21. The van der Waals surface area contributed by atoms with Crippen LogP contribution in [0.3, 0.4) is 0 Å². The average Bonchev–Trinajstić information content (AvgIpc) is 2.58. The molecule has 6 nitrogen and oxygen atoms in total. The number of nitrogens with zero attached hydrogens (tertiary/aromatic N) is 1. The Hall–Kier alpha value is -2.37. The van der Waals surface area contributed by atoms with E-state index in [1.807, 2.05) is 44.2 Å². The summed E-state index contributed by atoms with van der Waals surface area (Å²) >= 11 is 0. The highest BCUT2D eigenvalue weighted by Crippen LogP contribution is 2.28. The summed E-state index contributed by atoms with van der Waals surface area (Å²) in [6.07, 6.45) is 0.818. The van der Waals surface area contributed by atoms with Gasteiger partial charge in [0.05, 0.1) is 12.5 Å². The van der Waals surface area contributed by atoms with Crippen molar-refractivity contribution in [2.75, 3.05) is 27.2 Å². The molecule has 0 aromatic heterocycles. The van der Waals surface area contributed by atoms with E-state index in [-0.39, 0.29) is 25.0 Å². The molecule has 2 atom stereocenters. The molecule has 1 rings (SSSR count). The van der Waals surface area contributed by atoms with Gasteiger partial charge in [0.1, 0.15) is 0 Å². The van der Waals surface area contributed by atoms with Crippen LogP contribution in [0, 0.1) is 5.92 Å². The highest BCUT2D eigenvalue weighted by Gasteiger charge is 2.27. The minimum atomic E-state index is -0.491. The number of rotatable bonds is 8. The molecule has 0 heterocycles. The summed E-state index contributed by atoms with van der Waals surface area (Å²) in [4.78, 5) is 36.9. The maximum absolute atomic E-state index is 12.4. The summed E-state index contributed by atoms with van der Waals surface area (Å²) in [7, 11) is 3.20. The van der Waals surface area contributed by atoms with Gasteiger partial charge in [-0.3, -0.25) is 14.4 Å². The predicted molar refractivity (Wildman–Crippen MR) is 91.3 cm³/mol. The molecule has 0 aliphatic carbocycles. The van der Waals surface area contributed by atoms with E-state index >= 15 is 0 Å². The zero-order valence-electron chi connectivity index (χ0n) is 14.7. The number of amides is 2. The first-order chi connectivity index (χ1) is 11.4. The lowest BCUT2D eigenvalue weighted by molar-refractivity contribution is -0.151. The Kier molecular flexibility index (Phi) is 7.95. The molecule has 1 aromatic carbocycles. The normalized spacial score (nSPS) is 12.8. The van der Waals surface area contributed by atoms with Crippen LogP contribution >= 0.6 is 0 Å². The van der Waals surface area contributed by atoms with E-state index < -0.39 is 17.8 Å². The van der Waals surface area contributed by atoms with Gasteiger partial charge in [0, 0.05) is 14.1 Å². The maximum atomic E-state index is 12.4. The number of nitrogens with one attached hydrogen (secondary N) is 1. The Bertz CT molecular complexity index is 557. The molecule has 6 heteroatoms. The first kappa shape index (κ1) is 19.7. The van der Waals surface area contributed by atoms with Crippen molar-refractivity contribution in [2.45, 2.75) is 26.2 Å². The first-order valence-electron chi connectivity index (χ1n) is 8.05. The molecule has 0 unspecified atom stereocenters. The quantitative estimate of drug-likeness (QED) is 0.732. The Morgan fingerprint density at radius 1 is 1.17 bits per heavy atom. The topological polar surface area (TPSA) is 75.7 Å². The van der Waals surface area contributed by atoms with Gasteiger partial charge < -0.3 is 15.0 Å². The van der Waals surface area contributed by atoms with Gasteiger partial charge in [0.25, 0.3) is 5.91 Å². The van der Waals surface area contributed by atoms with Crippen molar-refractivity contribution in [2.24, 2.45) is 5.92 Å². The molecule has 24 heavy (non-hydrogen) atoms. The number of esters is 1. The molecule has 0 aliphatic heterocycles. The lowest BCUT2D eigenvalue weighted by atomic mass is 9.86. The molecule has 1 aromatic rings. The Morgan fingerprint density at radius 3 is 2.33 bits per heavy atom. The zero-order valence-corrected chi connectivity index (χ0v) is 14.7. The molecule has 132 valence electrons. The third-order valence-electron chi connectivity index (χ3n) is 3.91. The molecule has 0 saturated heterocycles. The predicted octanol–water partition coefficient (Wildman–Crippen LogP) is 1.56. The Balaban J connectivity index is 2.60. The van der Waals surface area contributed by atoms with Crippen molar-refractivity contribution in [3.05, 3.63) is 35.9 Å². The van der Waals surface area contributed by atoms with E-state index in [4.69, 9.17) is 4.74 Å². The van der Waals surface area contributed by atoms with E-state index in [1.165, 1.54) is 4.90 Å². The van der Waals surface area contributed by atoms with E-state index in [2.05, 4.69) is 5.32 Å². The summed E-state index contributed by atoms with van der Waals surface area (Å²) in [5, 5.41) is 2.43. The van der Waals surface area contributed by atoms with E-state index in [1.54, 1.807) is 14.1 Å². The number of ether oxygens (including phenoxy) is 1. The van der Waals surface area contributed by atoms with Gasteiger partial charge in [-0.15, -0.1) is 0 Å². The Morgan fingerprint density at radius 2 is 1.79 bits per heavy atom. The maximum Gasteiger partial charge on any atom is 0.314 e.